The van der Waals surface area contributed by atoms with Gasteiger partial charge < -0.3 is 15.0 Å². The number of carbonyl (C=O) groups is 1. The number of benzene rings is 4. The Kier molecular flexibility index (Phi) is 9.08. The molecule has 4 aromatic rings. The zero-order chi connectivity index (χ0) is 32.4. The van der Waals surface area contributed by atoms with E-state index in [4.69, 9.17) is 4.74 Å². The Bertz CT molecular complexity index is 1940. The number of ether oxygens (including phenoxy) is 1. The maximum absolute atomic E-state index is 13.8. The first-order valence-corrected chi connectivity index (χ1v) is 17.5. The third-order valence-electron chi connectivity index (χ3n) is 7.76. The number of rotatable bonds is 11. The van der Waals surface area contributed by atoms with Crippen molar-refractivity contribution < 1.29 is 26.4 Å². The zero-order valence-corrected chi connectivity index (χ0v) is 27.2. The summed E-state index contributed by atoms with van der Waals surface area (Å²) in [6.45, 7) is 6.81. The van der Waals surface area contributed by atoms with Gasteiger partial charge in [0.05, 0.1) is 29.1 Å². The van der Waals surface area contributed by atoms with Crippen molar-refractivity contribution in [3.63, 3.8) is 0 Å². The Hall–Kier alpha value is -4.55. The number of nitrogens with one attached hydrogen (secondary N) is 2. The van der Waals surface area contributed by atoms with Crippen LogP contribution in [-0.4, -0.2) is 49.0 Å². The van der Waals surface area contributed by atoms with E-state index in [2.05, 4.69) is 10.0 Å². The van der Waals surface area contributed by atoms with Crippen LogP contribution in [0.1, 0.15) is 36.7 Å². The second-order valence-corrected chi connectivity index (χ2v) is 14.1. The van der Waals surface area contributed by atoms with Gasteiger partial charge in [0.1, 0.15) is 10.6 Å². The summed E-state index contributed by atoms with van der Waals surface area (Å²) in [5, 5.41) is 2.75. The molecule has 0 radical (unpaired) electrons. The molecular weight excluding hydrogens is 613 g/mol. The molecule has 12 heteroatoms. The van der Waals surface area contributed by atoms with Crippen molar-refractivity contribution in [2.45, 2.75) is 43.0 Å². The van der Waals surface area contributed by atoms with Crippen LogP contribution in [0.15, 0.2) is 101 Å². The van der Waals surface area contributed by atoms with E-state index in [1.165, 1.54) is 41.7 Å². The molecule has 1 aliphatic rings. The fraction of sp³-hybridized carbons (Fsp3) is 0.242. The van der Waals surface area contributed by atoms with Crippen molar-refractivity contribution >= 4 is 48.7 Å². The van der Waals surface area contributed by atoms with Crippen LogP contribution in [-0.2, 0) is 26.5 Å². The Morgan fingerprint density at radius 3 is 2.36 bits per heavy atom. The zero-order valence-electron chi connectivity index (χ0n) is 25.5. The standard InChI is InChI=1S/C33H36N4O6S2/c1-5-36(6-2)30-19-18-26(22-32(30)44(39,40)35-28-15-8-10-17-31(28)43-4)34-33(38)25-13-11-14-27(21-25)45(41,42)37-23(3)20-24-12-7-9-16-29(24)37/h7-19,21-23,35H,5-6,20H2,1-4H3,(H,34,38)/t23-/m1/s1. The van der Waals surface area contributed by atoms with Gasteiger partial charge in [0.2, 0.25) is 0 Å². The summed E-state index contributed by atoms with van der Waals surface area (Å²) >= 11 is 0. The first kappa shape index (κ1) is 31.9. The maximum Gasteiger partial charge on any atom is 0.264 e. The topological polar surface area (TPSA) is 125 Å². The molecule has 0 fully saturated rings. The lowest BCUT2D eigenvalue weighted by molar-refractivity contribution is 0.102. The van der Waals surface area contributed by atoms with Gasteiger partial charge in [0.15, 0.2) is 0 Å². The highest BCUT2D eigenvalue weighted by Gasteiger charge is 2.36. The molecule has 236 valence electrons. The molecular formula is C33H36N4O6S2. The number of para-hydroxylation sites is 3. The SMILES string of the molecule is CCN(CC)c1ccc(NC(=O)c2cccc(S(=O)(=O)N3c4ccccc4C[C@H]3C)c2)cc1S(=O)(=O)Nc1ccccc1OC. The number of hydrogen-bond acceptors (Lipinski definition) is 7. The van der Waals surface area contributed by atoms with Crippen LogP contribution in [0.2, 0.25) is 0 Å². The fourth-order valence-corrected chi connectivity index (χ4v) is 8.64. The molecule has 0 aliphatic carbocycles. The van der Waals surface area contributed by atoms with Crippen molar-refractivity contribution in [2.75, 3.05) is 39.4 Å². The van der Waals surface area contributed by atoms with Crippen LogP contribution in [0, 0.1) is 0 Å². The molecule has 0 aromatic heterocycles. The molecule has 0 saturated carbocycles. The molecule has 1 aliphatic heterocycles. The summed E-state index contributed by atoms with van der Waals surface area (Å²) in [4.78, 5) is 15.3. The average molecular weight is 649 g/mol. The summed E-state index contributed by atoms with van der Waals surface area (Å²) < 4.78 is 64.3. The van der Waals surface area contributed by atoms with E-state index in [-0.39, 0.29) is 32.8 Å². The van der Waals surface area contributed by atoms with Gasteiger partial charge in [-0.3, -0.25) is 13.8 Å². The van der Waals surface area contributed by atoms with Crippen LogP contribution < -0.4 is 24.0 Å². The van der Waals surface area contributed by atoms with Gasteiger partial charge in [0, 0.05) is 30.4 Å². The molecule has 0 unspecified atom stereocenters. The quantitative estimate of drug-likeness (QED) is 0.213. The smallest absolute Gasteiger partial charge is 0.264 e. The minimum atomic E-state index is -4.14. The lowest BCUT2D eigenvalue weighted by Crippen LogP contribution is -2.35. The van der Waals surface area contributed by atoms with Gasteiger partial charge in [-0.05, 0) is 87.4 Å². The Morgan fingerprint density at radius 1 is 0.911 bits per heavy atom. The summed E-state index contributed by atoms with van der Waals surface area (Å²) in [6, 6.07) is 24.3. The van der Waals surface area contributed by atoms with Crippen molar-refractivity contribution in [1.29, 1.82) is 0 Å². The van der Waals surface area contributed by atoms with Crippen LogP contribution >= 0.6 is 0 Å². The van der Waals surface area contributed by atoms with Gasteiger partial charge in [-0.15, -0.1) is 0 Å². The number of carbonyl (C=O) groups excluding carboxylic acids is 1. The van der Waals surface area contributed by atoms with Crippen LogP contribution in [0.3, 0.4) is 0 Å². The van der Waals surface area contributed by atoms with Gasteiger partial charge in [-0.2, -0.15) is 0 Å². The third kappa shape index (κ3) is 6.34. The molecule has 1 amide bonds. The first-order valence-electron chi connectivity index (χ1n) is 14.6. The molecule has 4 aromatic carbocycles. The molecule has 10 nitrogen and oxygen atoms in total. The molecule has 1 atom stereocenters. The van der Waals surface area contributed by atoms with E-state index in [9.17, 15) is 21.6 Å². The van der Waals surface area contributed by atoms with Crippen molar-refractivity contribution in [3.05, 3.63) is 102 Å². The highest BCUT2D eigenvalue weighted by Crippen LogP contribution is 2.37. The number of nitrogens with zero attached hydrogens (tertiary/aromatic N) is 2. The normalized spacial score (nSPS) is 14.5. The minimum Gasteiger partial charge on any atom is -0.495 e. The first-order chi connectivity index (χ1) is 21.5. The maximum atomic E-state index is 13.8. The average Bonchev–Trinajstić information content (AvgIpc) is 3.38. The van der Waals surface area contributed by atoms with Gasteiger partial charge in [-0.25, -0.2) is 16.8 Å². The van der Waals surface area contributed by atoms with Gasteiger partial charge in [-0.1, -0.05) is 36.4 Å². The second-order valence-electron chi connectivity index (χ2n) is 10.6. The third-order valence-corrected chi connectivity index (χ3v) is 11.1. The number of amides is 1. The highest BCUT2D eigenvalue weighted by atomic mass is 32.2. The van der Waals surface area contributed by atoms with E-state index in [0.717, 1.165) is 5.56 Å². The summed E-state index contributed by atoms with van der Waals surface area (Å²) in [6.07, 6.45) is 0.593. The molecule has 0 bridgehead atoms. The van der Waals surface area contributed by atoms with Crippen molar-refractivity contribution in [1.82, 2.24) is 0 Å². The number of sulfonamides is 2. The predicted molar refractivity (Wildman–Crippen MR) is 177 cm³/mol. The monoisotopic (exact) mass is 648 g/mol. The summed E-state index contributed by atoms with van der Waals surface area (Å²) in [5.74, 6) is -0.227. The molecule has 0 saturated heterocycles. The van der Waals surface area contributed by atoms with Crippen LogP contribution in [0.5, 0.6) is 5.75 Å². The second kappa shape index (κ2) is 12.8. The molecule has 2 N–H and O–H groups in total. The van der Waals surface area contributed by atoms with E-state index < -0.39 is 26.0 Å². The van der Waals surface area contributed by atoms with Crippen molar-refractivity contribution in [2.24, 2.45) is 0 Å². The molecule has 0 spiro atoms. The fourth-order valence-electron chi connectivity index (χ4n) is 5.58. The van der Waals surface area contributed by atoms with Crippen molar-refractivity contribution in [3.8, 4) is 5.75 Å². The molecule has 1 heterocycles. The number of methoxy groups -OCH3 is 1. The Balaban J connectivity index is 1.46. The number of hydrogen-bond donors (Lipinski definition) is 2. The largest absolute Gasteiger partial charge is 0.495 e. The lowest BCUT2D eigenvalue weighted by atomic mass is 10.1. The molecule has 5 rings (SSSR count). The summed E-state index contributed by atoms with van der Waals surface area (Å²) in [7, 11) is -6.65. The van der Waals surface area contributed by atoms with Gasteiger partial charge >= 0.3 is 0 Å². The number of anilines is 4. The van der Waals surface area contributed by atoms with E-state index >= 15 is 0 Å². The Labute approximate surface area is 264 Å². The van der Waals surface area contributed by atoms with Gasteiger partial charge in [0.25, 0.3) is 26.0 Å². The predicted octanol–water partition coefficient (Wildman–Crippen LogP) is 5.73. The van der Waals surface area contributed by atoms with Crippen LogP contribution in [0.25, 0.3) is 0 Å². The Morgan fingerprint density at radius 2 is 1.62 bits per heavy atom. The highest BCUT2D eigenvalue weighted by molar-refractivity contribution is 7.93. The van der Waals surface area contributed by atoms with E-state index in [1.807, 2.05) is 37.8 Å². The lowest BCUT2D eigenvalue weighted by Gasteiger charge is -2.25. The minimum absolute atomic E-state index is 0.0140. The summed E-state index contributed by atoms with van der Waals surface area (Å²) in [5.41, 5.74) is 2.65. The number of fused-ring (bicyclic) bond motifs is 1. The van der Waals surface area contributed by atoms with Crippen LogP contribution in [0.4, 0.5) is 22.7 Å². The van der Waals surface area contributed by atoms with E-state index in [0.29, 0.717) is 36.6 Å². The van der Waals surface area contributed by atoms with E-state index in [1.54, 1.807) is 48.5 Å². The molecule has 45 heavy (non-hydrogen) atoms.